The van der Waals surface area contributed by atoms with Gasteiger partial charge in [-0.15, -0.1) is 0 Å². The second-order valence-electron chi connectivity index (χ2n) is 3.33. The maximum atomic E-state index is 11.6. The van der Waals surface area contributed by atoms with Crippen molar-refractivity contribution in [3.63, 3.8) is 0 Å². The van der Waals surface area contributed by atoms with Crippen molar-refractivity contribution < 1.29 is 4.79 Å². The molecule has 0 aliphatic carbocycles. The lowest BCUT2D eigenvalue weighted by atomic mass is 10.0. The van der Waals surface area contributed by atoms with E-state index in [1.165, 1.54) is 0 Å². The first kappa shape index (κ1) is 8.57. The van der Waals surface area contributed by atoms with E-state index in [1.54, 1.807) is 24.1 Å². The van der Waals surface area contributed by atoms with Gasteiger partial charge in [0.2, 0.25) is 0 Å². The van der Waals surface area contributed by atoms with Crippen LogP contribution in [-0.4, -0.2) is 17.9 Å². The molecule has 0 radical (unpaired) electrons. The average Bonchev–Trinajstić information content (AvgIpc) is 2.45. The molecule has 2 rings (SSSR count). The van der Waals surface area contributed by atoms with E-state index in [-0.39, 0.29) is 5.91 Å². The number of rotatable bonds is 0. The number of hydrogen-bond donors (Lipinski definition) is 1. The number of fused-ring (bicyclic) bond motifs is 1. The lowest BCUT2D eigenvalue weighted by Crippen LogP contribution is -2.18. The first-order valence-corrected chi connectivity index (χ1v) is 4.22. The van der Waals surface area contributed by atoms with E-state index in [4.69, 9.17) is 11.0 Å². The molecule has 0 spiro atoms. The number of nitriles is 1. The molecule has 0 atom stereocenters. The highest BCUT2D eigenvalue weighted by Gasteiger charge is 2.28. The van der Waals surface area contributed by atoms with Gasteiger partial charge in [-0.25, -0.2) is 0 Å². The Balaban J connectivity index is 2.72. The lowest BCUT2D eigenvalue weighted by molar-refractivity contribution is 0.0817. The second-order valence-corrected chi connectivity index (χ2v) is 3.33. The highest BCUT2D eigenvalue weighted by molar-refractivity contribution is 6.03. The normalized spacial score (nSPS) is 14.0. The Morgan fingerprint density at radius 2 is 2.29 bits per heavy atom. The third-order valence-corrected chi connectivity index (χ3v) is 2.42. The van der Waals surface area contributed by atoms with Crippen molar-refractivity contribution in [1.82, 2.24) is 4.90 Å². The van der Waals surface area contributed by atoms with Gasteiger partial charge in [0.1, 0.15) is 0 Å². The highest BCUT2D eigenvalue weighted by Crippen LogP contribution is 2.29. The van der Waals surface area contributed by atoms with Gasteiger partial charge in [0.15, 0.2) is 0 Å². The van der Waals surface area contributed by atoms with Crippen molar-refractivity contribution >= 4 is 11.6 Å². The van der Waals surface area contributed by atoms with E-state index >= 15 is 0 Å². The Hall–Kier alpha value is -2.02. The molecule has 0 unspecified atom stereocenters. The summed E-state index contributed by atoms with van der Waals surface area (Å²) in [4.78, 5) is 13.2. The molecule has 70 valence electrons. The number of hydrogen-bond acceptors (Lipinski definition) is 3. The van der Waals surface area contributed by atoms with Crippen LogP contribution in [-0.2, 0) is 6.54 Å². The molecule has 1 aromatic rings. The molecule has 1 aliphatic heterocycles. The Labute approximate surface area is 81.5 Å². The van der Waals surface area contributed by atoms with Crippen LogP contribution in [0, 0.1) is 11.3 Å². The molecule has 4 heteroatoms. The van der Waals surface area contributed by atoms with Crippen LogP contribution in [0.5, 0.6) is 0 Å². The van der Waals surface area contributed by atoms with Gasteiger partial charge in [-0.3, -0.25) is 4.79 Å². The summed E-state index contributed by atoms with van der Waals surface area (Å²) in [5.74, 6) is -0.102. The molecular formula is C10H9N3O. The zero-order valence-electron chi connectivity index (χ0n) is 7.74. The third-order valence-electron chi connectivity index (χ3n) is 2.42. The third kappa shape index (κ3) is 0.958. The van der Waals surface area contributed by atoms with Crippen LogP contribution < -0.4 is 5.73 Å². The molecule has 0 aromatic heterocycles. The van der Waals surface area contributed by atoms with Crippen molar-refractivity contribution in [1.29, 1.82) is 5.26 Å². The number of nitrogens with two attached hydrogens (primary N) is 1. The molecule has 0 bridgehead atoms. The number of nitrogen functional groups attached to an aromatic ring is 1. The van der Waals surface area contributed by atoms with E-state index in [0.29, 0.717) is 23.4 Å². The van der Waals surface area contributed by atoms with E-state index < -0.39 is 0 Å². The van der Waals surface area contributed by atoms with E-state index in [9.17, 15) is 4.79 Å². The smallest absolute Gasteiger partial charge is 0.256 e. The van der Waals surface area contributed by atoms with Gasteiger partial charge >= 0.3 is 0 Å². The van der Waals surface area contributed by atoms with Crippen LogP contribution >= 0.6 is 0 Å². The van der Waals surface area contributed by atoms with Gasteiger partial charge in [-0.1, -0.05) is 0 Å². The van der Waals surface area contributed by atoms with Crippen LogP contribution in [0.3, 0.4) is 0 Å². The first-order chi connectivity index (χ1) is 6.65. The predicted octanol–water partition coefficient (Wildman–Crippen LogP) is 0.726. The maximum absolute atomic E-state index is 11.6. The van der Waals surface area contributed by atoms with Crippen LogP contribution in [0.4, 0.5) is 5.69 Å². The Kier molecular flexibility index (Phi) is 1.68. The molecule has 1 aliphatic rings. The Morgan fingerprint density at radius 1 is 1.57 bits per heavy atom. The van der Waals surface area contributed by atoms with Gasteiger partial charge in [0.25, 0.3) is 5.91 Å². The van der Waals surface area contributed by atoms with Crippen LogP contribution in [0.25, 0.3) is 0 Å². The van der Waals surface area contributed by atoms with Gasteiger partial charge < -0.3 is 10.6 Å². The summed E-state index contributed by atoms with van der Waals surface area (Å²) < 4.78 is 0. The highest BCUT2D eigenvalue weighted by atomic mass is 16.2. The minimum absolute atomic E-state index is 0.102. The minimum atomic E-state index is -0.102. The molecule has 0 fully saturated rings. The Morgan fingerprint density at radius 3 is 2.93 bits per heavy atom. The standard InChI is InChI=1S/C10H9N3O/c1-13-5-7-6(4-11)2-3-8(12)9(7)10(13)14/h2-3H,5,12H2,1H3. The van der Waals surface area contributed by atoms with Gasteiger partial charge in [-0.2, -0.15) is 5.26 Å². The van der Waals surface area contributed by atoms with Crippen molar-refractivity contribution in [3.8, 4) is 6.07 Å². The Bertz CT molecular complexity index is 459. The zero-order chi connectivity index (χ0) is 10.3. The van der Waals surface area contributed by atoms with Crippen molar-refractivity contribution in [2.45, 2.75) is 6.54 Å². The largest absolute Gasteiger partial charge is 0.398 e. The molecule has 0 saturated carbocycles. The molecule has 1 aromatic carbocycles. The van der Waals surface area contributed by atoms with E-state index in [2.05, 4.69) is 6.07 Å². The summed E-state index contributed by atoms with van der Waals surface area (Å²) in [7, 11) is 1.70. The number of nitrogens with zero attached hydrogens (tertiary/aromatic N) is 2. The maximum Gasteiger partial charge on any atom is 0.256 e. The fourth-order valence-corrected chi connectivity index (χ4v) is 1.69. The topological polar surface area (TPSA) is 70.1 Å². The predicted molar refractivity (Wildman–Crippen MR) is 51.4 cm³/mol. The van der Waals surface area contributed by atoms with Crippen molar-refractivity contribution in [2.24, 2.45) is 0 Å². The van der Waals surface area contributed by atoms with Crippen molar-refractivity contribution in [3.05, 3.63) is 28.8 Å². The van der Waals surface area contributed by atoms with Crippen LogP contribution in [0.2, 0.25) is 0 Å². The SMILES string of the molecule is CN1Cc2c(C#N)ccc(N)c2C1=O. The molecular weight excluding hydrogens is 178 g/mol. The van der Waals surface area contributed by atoms with Crippen LogP contribution in [0.15, 0.2) is 12.1 Å². The first-order valence-electron chi connectivity index (χ1n) is 4.22. The van der Waals surface area contributed by atoms with Crippen LogP contribution in [0.1, 0.15) is 21.5 Å². The van der Waals surface area contributed by atoms with Gasteiger partial charge in [0.05, 0.1) is 17.2 Å². The summed E-state index contributed by atoms with van der Waals surface area (Å²) in [5.41, 5.74) is 7.92. The average molecular weight is 187 g/mol. The summed E-state index contributed by atoms with van der Waals surface area (Å²) in [6, 6.07) is 5.32. The molecule has 14 heavy (non-hydrogen) atoms. The fourth-order valence-electron chi connectivity index (χ4n) is 1.69. The number of amides is 1. The molecule has 0 saturated heterocycles. The van der Waals surface area contributed by atoms with Crippen molar-refractivity contribution in [2.75, 3.05) is 12.8 Å². The molecule has 1 amide bonds. The number of carbonyl (C=O) groups is 1. The molecule has 1 heterocycles. The minimum Gasteiger partial charge on any atom is -0.398 e. The molecule has 4 nitrogen and oxygen atoms in total. The van der Waals surface area contributed by atoms with E-state index in [1.807, 2.05) is 0 Å². The molecule has 2 N–H and O–H groups in total. The summed E-state index contributed by atoms with van der Waals surface area (Å²) in [5, 5.41) is 8.84. The van der Waals surface area contributed by atoms with Gasteiger partial charge in [-0.05, 0) is 12.1 Å². The summed E-state index contributed by atoms with van der Waals surface area (Å²) >= 11 is 0. The van der Waals surface area contributed by atoms with E-state index in [0.717, 1.165) is 5.56 Å². The summed E-state index contributed by atoms with van der Waals surface area (Å²) in [6.45, 7) is 0.474. The zero-order valence-corrected chi connectivity index (χ0v) is 7.74. The van der Waals surface area contributed by atoms with Gasteiger partial charge in [0, 0.05) is 24.8 Å². The number of anilines is 1. The second kappa shape index (κ2) is 2.74. The monoisotopic (exact) mass is 187 g/mol. The quantitative estimate of drug-likeness (QED) is 0.608. The number of carbonyl (C=O) groups excluding carboxylic acids is 1. The lowest BCUT2D eigenvalue weighted by Gasteiger charge is -2.05. The fraction of sp³-hybridized carbons (Fsp3) is 0.200. The summed E-state index contributed by atoms with van der Waals surface area (Å²) in [6.07, 6.45) is 0. The number of benzene rings is 1.